The Kier molecular flexibility index (Phi) is 2.48. The Morgan fingerprint density at radius 2 is 1.60 bits per heavy atom. The Morgan fingerprint density at radius 1 is 0.933 bits per heavy atom. The minimum absolute atomic E-state index is 0.762. The standard InChI is InChI=1S/C14H17Cl/c15-14-8-7-12(10-3-1-4-10)9-13(14)11-5-2-6-11/h7-11H,1-6H2. The predicted octanol–water partition coefficient (Wildman–Crippen LogP) is 4.88. The minimum atomic E-state index is 0.762. The smallest absolute Gasteiger partial charge is 0.0441 e. The average molecular weight is 221 g/mol. The summed E-state index contributed by atoms with van der Waals surface area (Å²) in [6.07, 6.45) is 8.24. The first-order chi connectivity index (χ1) is 7.34. The minimum Gasteiger partial charge on any atom is -0.0840 e. The van der Waals surface area contributed by atoms with Crippen LogP contribution in [-0.4, -0.2) is 0 Å². The van der Waals surface area contributed by atoms with E-state index in [0.29, 0.717) is 0 Å². The highest BCUT2D eigenvalue weighted by Crippen LogP contribution is 2.43. The van der Waals surface area contributed by atoms with Gasteiger partial charge in [-0.3, -0.25) is 0 Å². The summed E-state index contributed by atoms with van der Waals surface area (Å²) in [4.78, 5) is 0. The van der Waals surface area contributed by atoms with Crippen molar-refractivity contribution in [2.45, 2.75) is 50.4 Å². The molecule has 80 valence electrons. The van der Waals surface area contributed by atoms with Gasteiger partial charge in [0.2, 0.25) is 0 Å². The molecular formula is C14H17Cl. The molecule has 0 heterocycles. The van der Waals surface area contributed by atoms with Crippen molar-refractivity contribution < 1.29 is 0 Å². The van der Waals surface area contributed by atoms with Crippen LogP contribution in [0.5, 0.6) is 0 Å². The zero-order valence-electron chi connectivity index (χ0n) is 9.01. The maximum absolute atomic E-state index is 6.27. The Balaban J connectivity index is 1.89. The highest BCUT2D eigenvalue weighted by molar-refractivity contribution is 6.31. The predicted molar refractivity (Wildman–Crippen MR) is 64.6 cm³/mol. The molecule has 0 N–H and O–H groups in total. The Labute approximate surface area is 96.6 Å². The molecule has 3 rings (SSSR count). The third-order valence-electron chi connectivity index (χ3n) is 4.14. The van der Waals surface area contributed by atoms with E-state index in [9.17, 15) is 0 Å². The number of halogens is 1. The molecule has 0 spiro atoms. The number of rotatable bonds is 2. The molecule has 1 heteroatoms. The van der Waals surface area contributed by atoms with Gasteiger partial charge in [-0.15, -0.1) is 0 Å². The van der Waals surface area contributed by atoms with Crippen molar-refractivity contribution in [1.29, 1.82) is 0 Å². The lowest BCUT2D eigenvalue weighted by Gasteiger charge is -2.30. The molecule has 0 aliphatic heterocycles. The largest absolute Gasteiger partial charge is 0.0840 e. The molecule has 0 unspecified atom stereocenters. The normalized spacial score (nSPS) is 22.2. The Bertz CT molecular complexity index is 362. The molecule has 2 aliphatic carbocycles. The van der Waals surface area contributed by atoms with Gasteiger partial charge in [0.25, 0.3) is 0 Å². The molecule has 2 aliphatic rings. The van der Waals surface area contributed by atoms with E-state index in [4.69, 9.17) is 11.6 Å². The summed E-state index contributed by atoms with van der Waals surface area (Å²) in [5.74, 6) is 1.60. The molecule has 15 heavy (non-hydrogen) atoms. The van der Waals surface area contributed by atoms with Gasteiger partial charge in [0.1, 0.15) is 0 Å². The highest BCUT2D eigenvalue weighted by Gasteiger charge is 2.25. The van der Waals surface area contributed by atoms with Crippen molar-refractivity contribution >= 4 is 11.6 Å². The first kappa shape index (κ1) is 9.72. The van der Waals surface area contributed by atoms with Gasteiger partial charge in [0.05, 0.1) is 0 Å². The zero-order valence-corrected chi connectivity index (χ0v) is 9.76. The maximum atomic E-state index is 6.27. The monoisotopic (exact) mass is 220 g/mol. The molecule has 2 fully saturated rings. The highest BCUT2D eigenvalue weighted by atomic mass is 35.5. The van der Waals surface area contributed by atoms with Crippen LogP contribution in [0.3, 0.4) is 0 Å². The molecule has 0 nitrogen and oxygen atoms in total. The van der Waals surface area contributed by atoms with Crippen LogP contribution in [0.25, 0.3) is 0 Å². The van der Waals surface area contributed by atoms with E-state index in [0.717, 1.165) is 16.9 Å². The lowest BCUT2D eigenvalue weighted by Crippen LogP contribution is -2.12. The zero-order chi connectivity index (χ0) is 10.3. The van der Waals surface area contributed by atoms with Gasteiger partial charge < -0.3 is 0 Å². The van der Waals surface area contributed by atoms with Gasteiger partial charge in [0, 0.05) is 5.02 Å². The average Bonchev–Trinajstić information content (AvgIpc) is 2.04. The van der Waals surface area contributed by atoms with Crippen LogP contribution in [0.2, 0.25) is 5.02 Å². The summed E-state index contributed by atoms with van der Waals surface area (Å²) in [6, 6.07) is 6.73. The van der Waals surface area contributed by atoms with Gasteiger partial charge in [-0.25, -0.2) is 0 Å². The van der Waals surface area contributed by atoms with Crippen LogP contribution in [0, 0.1) is 0 Å². The fourth-order valence-corrected chi connectivity index (χ4v) is 2.86. The summed E-state index contributed by atoms with van der Waals surface area (Å²) >= 11 is 6.27. The molecule has 0 aromatic heterocycles. The first-order valence-electron chi connectivity index (χ1n) is 6.14. The number of benzene rings is 1. The van der Waals surface area contributed by atoms with Crippen LogP contribution in [-0.2, 0) is 0 Å². The molecule has 2 saturated carbocycles. The second kappa shape index (κ2) is 3.83. The van der Waals surface area contributed by atoms with Gasteiger partial charge in [-0.05, 0) is 54.7 Å². The summed E-state index contributed by atoms with van der Waals surface area (Å²) in [6.45, 7) is 0. The van der Waals surface area contributed by atoms with E-state index < -0.39 is 0 Å². The van der Waals surface area contributed by atoms with Gasteiger partial charge in [-0.1, -0.05) is 36.6 Å². The molecule has 1 aromatic carbocycles. The topological polar surface area (TPSA) is 0 Å². The molecule has 1 aromatic rings. The molecule has 0 bridgehead atoms. The Morgan fingerprint density at radius 3 is 2.13 bits per heavy atom. The van der Waals surface area contributed by atoms with Gasteiger partial charge in [0.15, 0.2) is 0 Å². The van der Waals surface area contributed by atoms with Crippen molar-refractivity contribution in [2.75, 3.05) is 0 Å². The second-order valence-electron chi connectivity index (χ2n) is 5.04. The van der Waals surface area contributed by atoms with E-state index in [-0.39, 0.29) is 0 Å². The van der Waals surface area contributed by atoms with E-state index in [1.807, 2.05) is 0 Å². The quantitative estimate of drug-likeness (QED) is 0.667. The third kappa shape index (κ3) is 1.69. The van der Waals surface area contributed by atoms with Crippen molar-refractivity contribution in [3.05, 3.63) is 34.3 Å². The molecular weight excluding hydrogens is 204 g/mol. The summed E-state index contributed by atoms with van der Waals surface area (Å²) in [5, 5.41) is 0.989. The van der Waals surface area contributed by atoms with Crippen LogP contribution in [0.1, 0.15) is 61.5 Å². The number of hydrogen-bond acceptors (Lipinski definition) is 0. The first-order valence-corrected chi connectivity index (χ1v) is 6.52. The molecule has 0 amide bonds. The van der Waals surface area contributed by atoms with Crippen molar-refractivity contribution in [3.63, 3.8) is 0 Å². The van der Waals surface area contributed by atoms with Gasteiger partial charge >= 0.3 is 0 Å². The van der Waals surface area contributed by atoms with Crippen molar-refractivity contribution in [2.24, 2.45) is 0 Å². The number of hydrogen-bond donors (Lipinski definition) is 0. The molecule has 0 saturated heterocycles. The fraction of sp³-hybridized carbons (Fsp3) is 0.571. The third-order valence-corrected chi connectivity index (χ3v) is 4.49. The SMILES string of the molecule is Clc1ccc(C2CCC2)cc1C1CCC1. The van der Waals surface area contributed by atoms with Crippen LogP contribution in [0.15, 0.2) is 18.2 Å². The lowest BCUT2D eigenvalue weighted by molar-refractivity contribution is 0.409. The summed E-state index contributed by atoms with van der Waals surface area (Å²) in [7, 11) is 0. The van der Waals surface area contributed by atoms with E-state index >= 15 is 0 Å². The fourth-order valence-electron chi connectivity index (χ4n) is 2.59. The molecule has 0 radical (unpaired) electrons. The van der Waals surface area contributed by atoms with Crippen LogP contribution < -0.4 is 0 Å². The maximum Gasteiger partial charge on any atom is 0.0441 e. The van der Waals surface area contributed by atoms with Crippen LogP contribution in [0.4, 0.5) is 0 Å². The van der Waals surface area contributed by atoms with E-state index in [2.05, 4.69) is 18.2 Å². The van der Waals surface area contributed by atoms with Crippen LogP contribution >= 0.6 is 11.6 Å². The van der Waals surface area contributed by atoms with Crippen molar-refractivity contribution in [1.82, 2.24) is 0 Å². The Hall–Kier alpha value is -0.490. The van der Waals surface area contributed by atoms with E-state index in [1.54, 1.807) is 0 Å². The summed E-state index contributed by atoms with van der Waals surface area (Å²) in [5.41, 5.74) is 2.96. The lowest BCUT2D eigenvalue weighted by atomic mass is 9.76. The summed E-state index contributed by atoms with van der Waals surface area (Å²) < 4.78 is 0. The van der Waals surface area contributed by atoms with E-state index in [1.165, 1.54) is 49.7 Å². The van der Waals surface area contributed by atoms with Crippen molar-refractivity contribution in [3.8, 4) is 0 Å². The second-order valence-corrected chi connectivity index (χ2v) is 5.44. The molecule has 0 atom stereocenters. The van der Waals surface area contributed by atoms with Gasteiger partial charge in [-0.2, -0.15) is 0 Å².